The lowest BCUT2D eigenvalue weighted by Crippen LogP contribution is -2.09. The highest BCUT2D eigenvalue weighted by atomic mass is 16.5. The van der Waals surface area contributed by atoms with Crippen molar-refractivity contribution in [2.24, 2.45) is 0 Å². The van der Waals surface area contributed by atoms with Crippen LogP contribution in [-0.2, 0) is 11.2 Å². The number of ether oxygens (including phenoxy) is 2. The highest BCUT2D eigenvalue weighted by Crippen LogP contribution is 2.23. The van der Waals surface area contributed by atoms with E-state index in [1.807, 2.05) is 48.5 Å². The predicted molar refractivity (Wildman–Crippen MR) is 104 cm³/mol. The first-order valence-electron chi connectivity index (χ1n) is 8.63. The number of para-hydroxylation sites is 1. The highest BCUT2D eigenvalue weighted by Gasteiger charge is 2.09. The van der Waals surface area contributed by atoms with Crippen molar-refractivity contribution >= 4 is 5.97 Å². The van der Waals surface area contributed by atoms with Crippen LogP contribution in [0.25, 0.3) is 11.1 Å². The maximum absolute atomic E-state index is 12.1. The molecule has 0 N–H and O–H groups in total. The summed E-state index contributed by atoms with van der Waals surface area (Å²) >= 11 is 0. The average Bonchev–Trinajstić information content (AvgIpc) is 2.73. The minimum Gasteiger partial charge on any atom is -0.496 e. The van der Waals surface area contributed by atoms with Crippen molar-refractivity contribution in [1.82, 2.24) is 0 Å². The summed E-state index contributed by atoms with van der Waals surface area (Å²) in [6.07, 6.45) is 0.837. The van der Waals surface area contributed by atoms with Gasteiger partial charge in [-0.25, -0.2) is 0 Å². The molecule has 0 saturated carbocycles. The summed E-state index contributed by atoms with van der Waals surface area (Å²) < 4.78 is 10.7. The molecule has 27 heavy (non-hydrogen) atoms. The number of carbonyl (C=O) groups is 1. The van der Waals surface area contributed by atoms with Crippen LogP contribution in [-0.4, -0.2) is 13.1 Å². The summed E-state index contributed by atoms with van der Waals surface area (Å²) in [5.41, 5.74) is 3.60. The van der Waals surface area contributed by atoms with Crippen molar-refractivity contribution < 1.29 is 14.3 Å². The van der Waals surface area contributed by atoms with Crippen LogP contribution in [0.15, 0.2) is 72.8 Å². The van der Waals surface area contributed by atoms with Crippen LogP contribution in [0.2, 0.25) is 0 Å². The van der Waals surface area contributed by atoms with Crippen LogP contribution in [0.1, 0.15) is 17.5 Å². The molecule has 3 aromatic carbocycles. The molecule has 3 aromatic rings. The first-order chi connectivity index (χ1) is 13.2. The minimum absolute atomic E-state index is 0.276. The van der Waals surface area contributed by atoms with Crippen LogP contribution < -0.4 is 9.47 Å². The maximum Gasteiger partial charge on any atom is 0.311 e. The lowest BCUT2D eigenvalue weighted by molar-refractivity contribution is -0.134. The second-order valence-electron chi connectivity index (χ2n) is 6.00. The number of hydrogen-bond acceptors (Lipinski definition) is 4. The second kappa shape index (κ2) is 8.68. The molecule has 0 radical (unpaired) electrons. The van der Waals surface area contributed by atoms with E-state index in [-0.39, 0.29) is 12.4 Å². The van der Waals surface area contributed by atoms with Gasteiger partial charge in [-0.05, 0) is 53.4 Å². The smallest absolute Gasteiger partial charge is 0.311 e. The first kappa shape index (κ1) is 18.2. The quantitative estimate of drug-likeness (QED) is 0.471. The Hall–Kier alpha value is -3.58. The SMILES string of the molecule is COc1ccccc1CCC(=O)Oc1ccc(-c2ccc(C#N)cc2)cc1. The fourth-order valence-electron chi connectivity index (χ4n) is 2.78. The van der Waals surface area contributed by atoms with Gasteiger partial charge < -0.3 is 9.47 Å². The Kier molecular flexibility index (Phi) is 5.86. The Morgan fingerprint density at radius 1 is 0.926 bits per heavy atom. The Morgan fingerprint density at radius 2 is 1.56 bits per heavy atom. The van der Waals surface area contributed by atoms with Crippen molar-refractivity contribution in [1.29, 1.82) is 5.26 Å². The van der Waals surface area contributed by atoms with Crippen molar-refractivity contribution in [3.8, 4) is 28.7 Å². The zero-order valence-electron chi connectivity index (χ0n) is 15.0. The fraction of sp³-hybridized carbons (Fsp3) is 0.130. The normalized spacial score (nSPS) is 10.1. The molecule has 0 unspecified atom stereocenters. The zero-order chi connectivity index (χ0) is 19.1. The van der Waals surface area contributed by atoms with Gasteiger partial charge in [-0.1, -0.05) is 42.5 Å². The number of esters is 1. The molecule has 4 nitrogen and oxygen atoms in total. The monoisotopic (exact) mass is 357 g/mol. The summed E-state index contributed by atoms with van der Waals surface area (Å²) in [6.45, 7) is 0. The van der Waals surface area contributed by atoms with Gasteiger partial charge in [0.25, 0.3) is 0 Å². The van der Waals surface area contributed by atoms with E-state index in [2.05, 4.69) is 6.07 Å². The number of benzene rings is 3. The van der Waals surface area contributed by atoms with Crippen molar-refractivity contribution in [2.45, 2.75) is 12.8 Å². The number of carbonyl (C=O) groups excluding carboxylic acids is 1. The van der Waals surface area contributed by atoms with Gasteiger partial charge in [0, 0.05) is 0 Å². The standard InChI is InChI=1S/C23H19NO3/c1-26-22-5-3-2-4-20(22)12-15-23(25)27-21-13-10-19(11-14-21)18-8-6-17(16-24)7-9-18/h2-11,13-14H,12,15H2,1H3. The molecule has 0 aliphatic rings. The van der Waals surface area contributed by atoms with E-state index in [0.29, 0.717) is 17.7 Å². The molecular weight excluding hydrogens is 338 g/mol. The molecule has 0 spiro atoms. The molecule has 0 bridgehead atoms. The molecule has 0 aliphatic heterocycles. The Morgan fingerprint density at radius 3 is 2.19 bits per heavy atom. The Labute approximate surface area is 158 Å². The lowest BCUT2D eigenvalue weighted by Gasteiger charge is -2.08. The number of nitrogens with zero attached hydrogens (tertiary/aromatic N) is 1. The third-order valence-corrected chi connectivity index (χ3v) is 4.22. The molecular formula is C23H19NO3. The largest absolute Gasteiger partial charge is 0.496 e. The summed E-state index contributed by atoms with van der Waals surface area (Å²) in [4.78, 5) is 12.1. The maximum atomic E-state index is 12.1. The molecule has 4 heteroatoms. The zero-order valence-corrected chi connectivity index (χ0v) is 15.0. The van der Waals surface area contributed by atoms with Gasteiger partial charge >= 0.3 is 5.97 Å². The molecule has 0 aromatic heterocycles. The predicted octanol–water partition coefficient (Wildman–Crippen LogP) is 4.77. The van der Waals surface area contributed by atoms with E-state index in [0.717, 1.165) is 22.4 Å². The van der Waals surface area contributed by atoms with E-state index in [4.69, 9.17) is 14.7 Å². The molecule has 0 saturated heterocycles. The fourth-order valence-corrected chi connectivity index (χ4v) is 2.78. The van der Waals surface area contributed by atoms with E-state index in [1.165, 1.54) is 0 Å². The van der Waals surface area contributed by atoms with Crippen molar-refractivity contribution in [3.05, 3.63) is 83.9 Å². The average molecular weight is 357 g/mol. The van der Waals surface area contributed by atoms with Gasteiger partial charge in [0.1, 0.15) is 11.5 Å². The summed E-state index contributed by atoms with van der Waals surface area (Å²) in [6, 6.07) is 24.4. The summed E-state index contributed by atoms with van der Waals surface area (Å²) in [5.74, 6) is 1.00. The number of hydrogen-bond donors (Lipinski definition) is 0. The number of nitriles is 1. The van der Waals surface area contributed by atoms with Gasteiger partial charge in [0.05, 0.1) is 25.2 Å². The van der Waals surface area contributed by atoms with Crippen LogP contribution in [0.4, 0.5) is 0 Å². The number of rotatable bonds is 6. The third kappa shape index (κ3) is 4.74. The van der Waals surface area contributed by atoms with Crippen LogP contribution >= 0.6 is 0 Å². The Bertz CT molecular complexity index is 954. The molecule has 0 aliphatic carbocycles. The molecule has 0 amide bonds. The van der Waals surface area contributed by atoms with Gasteiger partial charge in [-0.2, -0.15) is 5.26 Å². The second-order valence-corrected chi connectivity index (χ2v) is 6.00. The van der Waals surface area contributed by atoms with Crippen LogP contribution in [0, 0.1) is 11.3 Å². The Balaban J connectivity index is 1.59. The van der Waals surface area contributed by atoms with E-state index < -0.39 is 0 Å². The minimum atomic E-state index is -0.285. The molecule has 134 valence electrons. The van der Waals surface area contributed by atoms with Crippen molar-refractivity contribution in [3.63, 3.8) is 0 Å². The van der Waals surface area contributed by atoms with E-state index in [1.54, 1.807) is 31.4 Å². The van der Waals surface area contributed by atoms with Gasteiger partial charge in [-0.15, -0.1) is 0 Å². The summed E-state index contributed by atoms with van der Waals surface area (Å²) in [7, 11) is 1.62. The van der Waals surface area contributed by atoms with E-state index >= 15 is 0 Å². The molecule has 0 atom stereocenters. The van der Waals surface area contributed by atoms with Gasteiger partial charge in [-0.3, -0.25) is 4.79 Å². The van der Waals surface area contributed by atoms with E-state index in [9.17, 15) is 4.79 Å². The molecule has 0 heterocycles. The highest BCUT2D eigenvalue weighted by molar-refractivity contribution is 5.73. The third-order valence-electron chi connectivity index (χ3n) is 4.22. The lowest BCUT2D eigenvalue weighted by atomic mass is 10.0. The van der Waals surface area contributed by atoms with Crippen LogP contribution in [0.5, 0.6) is 11.5 Å². The van der Waals surface area contributed by atoms with Crippen LogP contribution in [0.3, 0.4) is 0 Å². The van der Waals surface area contributed by atoms with Gasteiger partial charge in [0.2, 0.25) is 0 Å². The van der Waals surface area contributed by atoms with Crippen molar-refractivity contribution in [2.75, 3.05) is 7.11 Å². The summed E-state index contributed by atoms with van der Waals surface area (Å²) in [5, 5.41) is 8.86. The molecule has 0 fully saturated rings. The number of aryl methyl sites for hydroxylation is 1. The molecule has 3 rings (SSSR count). The first-order valence-corrected chi connectivity index (χ1v) is 8.63. The number of methoxy groups -OCH3 is 1. The van der Waals surface area contributed by atoms with Gasteiger partial charge in [0.15, 0.2) is 0 Å². The topological polar surface area (TPSA) is 59.3 Å².